The van der Waals surface area contributed by atoms with E-state index < -0.39 is 9.05 Å². The molecule has 0 atom stereocenters. The monoisotopic (exact) mass is 366 g/mol. The standard InChI is InChI=1S/C16H11ClO4S2/c17-23(18,19)16-11-3-1-2-4-14(11)22-15(16)8-10-5-6-12-13(7-10)21-9-20-12/h1-7H,8-9H2. The summed E-state index contributed by atoms with van der Waals surface area (Å²) in [6.07, 6.45) is 0.470. The van der Waals surface area contributed by atoms with Crippen molar-refractivity contribution >= 4 is 41.2 Å². The highest BCUT2D eigenvalue weighted by molar-refractivity contribution is 8.14. The third-order valence-corrected chi connectivity index (χ3v) is 6.38. The molecule has 3 aromatic rings. The van der Waals surface area contributed by atoms with Gasteiger partial charge in [-0.15, -0.1) is 11.3 Å². The maximum Gasteiger partial charge on any atom is 0.263 e. The number of fused-ring (bicyclic) bond motifs is 2. The van der Waals surface area contributed by atoms with Gasteiger partial charge in [-0.25, -0.2) is 8.42 Å². The van der Waals surface area contributed by atoms with Gasteiger partial charge >= 0.3 is 0 Å². The Morgan fingerprint density at radius 2 is 1.87 bits per heavy atom. The first-order valence-electron chi connectivity index (χ1n) is 6.86. The average molecular weight is 367 g/mol. The third-order valence-electron chi connectivity index (χ3n) is 3.66. The van der Waals surface area contributed by atoms with Crippen LogP contribution in [0, 0.1) is 0 Å². The van der Waals surface area contributed by atoms with E-state index in [0.29, 0.717) is 23.3 Å². The van der Waals surface area contributed by atoms with E-state index in [9.17, 15) is 8.42 Å². The molecule has 0 saturated carbocycles. The van der Waals surface area contributed by atoms with Gasteiger partial charge in [0, 0.05) is 32.1 Å². The molecule has 2 aromatic carbocycles. The van der Waals surface area contributed by atoms with Crippen molar-refractivity contribution in [1.82, 2.24) is 0 Å². The predicted molar refractivity (Wildman–Crippen MR) is 90.2 cm³/mol. The van der Waals surface area contributed by atoms with Gasteiger partial charge in [0.15, 0.2) is 11.5 Å². The lowest BCUT2D eigenvalue weighted by molar-refractivity contribution is 0.174. The summed E-state index contributed by atoms with van der Waals surface area (Å²) in [5.41, 5.74) is 0.947. The second-order valence-electron chi connectivity index (χ2n) is 5.15. The quantitative estimate of drug-likeness (QED) is 0.653. The van der Waals surface area contributed by atoms with Crippen LogP contribution in [-0.2, 0) is 15.5 Å². The maximum atomic E-state index is 12.0. The summed E-state index contributed by atoms with van der Waals surface area (Å²) >= 11 is 1.44. The molecule has 0 unspecified atom stereocenters. The van der Waals surface area contributed by atoms with Crippen molar-refractivity contribution in [1.29, 1.82) is 0 Å². The van der Waals surface area contributed by atoms with E-state index in [4.69, 9.17) is 20.2 Å². The second kappa shape index (κ2) is 5.40. The molecule has 7 heteroatoms. The summed E-state index contributed by atoms with van der Waals surface area (Å²) in [7, 11) is 1.86. The highest BCUT2D eigenvalue weighted by atomic mass is 35.7. The minimum Gasteiger partial charge on any atom is -0.454 e. The zero-order chi connectivity index (χ0) is 16.0. The Hall–Kier alpha value is -1.76. The molecule has 118 valence electrons. The second-order valence-corrected chi connectivity index (χ2v) is 8.79. The number of halogens is 1. The van der Waals surface area contributed by atoms with Crippen molar-refractivity contribution < 1.29 is 17.9 Å². The third kappa shape index (κ3) is 2.67. The van der Waals surface area contributed by atoms with Crippen LogP contribution < -0.4 is 9.47 Å². The lowest BCUT2D eigenvalue weighted by Gasteiger charge is -2.04. The highest BCUT2D eigenvalue weighted by Gasteiger charge is 2.23. The number of hydrogen-bond donors (Lipinski definition) is 0. The van der Waals surface area contributed by atoms with Gasteiger partial charge in [-0.3, -0.25) is 0 Å². The van der Waals surface area contributed by atoms with Crippen LogP contribution in [0.5, 0.6) is 11.5 Å². The van der Waals surface area contributed by atoms with Gasteiger partial charge in [0.1, 0.15) is 4.90 Å². The van der Waals surface area contributed by atoms with Crippen molar-refractivity contribution in [3.8, 4) is 11.5 Å². The van der Waals surface area contributed by atoms with E-state index in [0.717, 1.165) is 15.1 Å². The van der Waals surface area contributed by atoms with Gasteiger partial charge in [-0.1, -0.05) is 24.3 Å². The number of rotatable bonds is 3. The van der Waals surface area contributed by atoms with Crippen LogP contribution in [0.2, 0.25) is 0 Å². The summed E-state index contributed by atoms with van der Waals surface area (Å²) < 4.78 is 35.6. The topological polar surface area (TPSA) is 52.6 Å². The van der Waals surface area contributed by atoms with Crippen LogP contribution in [-0.4, -0.2) is 15.2 Å². The first-order chi connectivity index (χ1) is 11.0. The maximum absolute atomic E-state index is 12.0. The largest absolute Gasteiger partial charge is 0.454 e. The van der Waals surface area contributed by atoms with E-state index in [1.54, 1.807) is 6.07 Å². The Morgan fingerprint density at radius 1 is 1.09 bits per heavy atom. The van der Waals surface area contributed by atoms with Crippen LogP contribution >= 0.6 is 22.0 Å². The fraction of sp³-hybridized carbons (Fsp3) is 0.125. The summed E-state index contributed by atoms with van der Waals surface area (Å²) in [6.45, 7) is 0.211. The molecule has 0 radical (unpaired) electrons. The first-order valence-corrected chi connectivity index (χ1v) is 9.98. The molecule has 1 aliphatic heterocycles. The Kier molecular flexibility index (Phi) is 3.48. The fourth-order valence-corrected chi connectivity index (χ4v) is 5.80. The zero-order valence-electron chi connectivity index (χ0n) is 11.8. The molecule has 4 nitrogen and oxygen atoms in total. The van der Waals surface area contributed by atoms with Crippen LogP contribution in [0.25, 0.3) is 10.1 Å². The van der Waals surface area contributed by atoms with E-state index in [1.165, 1.54) is 11.3 Å². The van der Waals surface area contributed by atoms with Crippen molar-refractivity contribution in [3.05, 3.63) is 52.9 Å². The molecule has 0 fully saturated rings. The molecule has 0 saturated heterocycles. The normalized spacial score (nSPS) is 13.6. The fourth-order valence-electron chi connectivity index (χ4n) is 2.69. The summed E-state index contributed by atoms with van der Waals surface area (Å²) in [4.78, 5) is 0.928. The molecule has 0 bridgehead atoms. The van der Waals surface area contributed by atoms with Crippen molar-refractivity contribution in [3.63, 3.8) is 0 Å². The molecule has 4 rings (SSSR count). The van der Waals surface area contributed by atoms with Crippen LogP contribution in [0.15, 0.2) is 47.4 Å². The van der Waals surface area contributed by atoms with E-state index in [-0.39, 0.29) is 11.7 Å². The highest BCUT2D eigenvalue weighted by Crippen LogP contribution is 2.39. The number of hydrogen-bond acceptors (Lipinski definition) is 5. The van der Waals surface area contributed by atoms with Gasteiger partial charge in [-0.05, 0) is 23.8 Å². The number of thiophene rings is 1. The molecule has 2 heterocycles. The predicted octanol–water partition coefficient (Wildman–Crippen LogP) is 4.15. The average Bonchev–Trinajstić information content (AvgIpc) is 3.09. The Balaban J connectivity index is 1.83. The van der Waals surface area contributed by atoms with E-state index in [1.807, 2.05) is 36.4 Å². The minimum atomic E-state index is -3.82. The minimum absolute atomic E-state index is 0.206. The van der Waals surface area contributed by atoms with Crippen molar-refractivity contribution in [2.45, 2.75) is 11.3 Å². The zero-order valence-corrected chi connectivity index (χ0v) is 14.2. The van der Waals surface area contributed by atoms with E-state index in [2.05, 4.69) is 0 Å². The smallest absolute Gasteiger partial charge is 0.263 e. The van der Waals surface area contributed by atoms with Gasteiger partial charge in [0.25, 0.3) is 9.05 Å². The molecule has 1 aliphatic rings. The molecule has 0 spiro atoms. The summed E-state index contributed by atoms with van der Waals surface area (Å²) in [5.74, 6) is 1.38. The Morgan fingerprint density at radius 3 is 2.70 bits per heavy atom. The van der Waals surface area contributed by atoms with E-state index >= 15 is 0 Å². The molecule has 1 aromatic heterocycles. The molecular weight excluding hydrogens is 356 g/mol. The van der Waals surface area contributed by atoms with Gasteiger partial charge in [0.2, 0.25) is 6.79 Å². The SMILES string of the molecule is O=S(=O)(Cl)c1c(Cc2ccc3c(c2)OCO3)sc2ccccc12. The summed E-state index contributed by atoms with van der Waals surface area (Å²) in [6, 6.07) is 13.0. The summed E-state index contributed by atoms with van der Waals surface area (Å²) in [5, 5.41) is 0.670. The molecule has 0 N–H and O–H groups in total. The molecular formula is C16H11ClO4S2. The number of benzene rings is 2. The first kappa shape index (κ1) is 14.8. The lowest BCUT2D eigenvalue weighted by Crippen LogP contribution is -1.95. The van der Waals surface area contributed by atoms with Crippen LogP contribution in [0.1, 0.15) is 10.4 Å². The molecule has 0 amide bonds. The van der Waals surface area contributed by atoms with Gasteiger partial charge < -0.3 is 9.47 Å². The Bertz CT molecular complexity index is 1010. The Labute approximate surface area is 141 Å². The van der Waals surface area contributed by atoms with Crippen LogP contribution in [0.4, 0.5) is 0 Å². The lowest BCUT2D eigenvalue weighted by atomic mass is 10.1. The molecule has 23 heavy (non-hydrogen) atoms. The number of ether oxygens (including phenoxy) is 2. The van der Waals surface area contributed by atoms with Gasteiger partial charge in [0.05, 0.1) is 0 Å². The van der Waals surface area contributed by atoms with Crippen molar-refractivity contribution in [2.24, 2.45) is 0 Å². The van der Waals surface area contributed by atoms with Gasteiger partial charge in [-0.2, -0.15) is 0 Å². The molecule has 0 aliphatic carbocycles. The van der Waals surface area contributed by atoms with Crippen molar-refractivity contribution in [2.75, 3.05) is 6.79 Å². The van der Waals surface area contributed by atoms with Crippen LogP contribution in [0.3, 0.4) is 0 Å².